The average Bonchev–Trinajstić information content (AvgIpc) is 2.98. The highest BCUT2D eigenvalue weighted by molar-refractivity contribution is 7.92. The number of amides is 2. The summed E-state index contributed by atoms with van der Waals surface area (Å²) in [5, 5.41) is 2.99. The molecule has 0 aliphatic carbocycles. The molecule has 4 rings (SSSR count). The molecule has 0 spiro atoms. The summed E-state index contributed by atoms with van der Waals surface area (Å²) in [6.07, 6.45) is 0.186. The van der Waals surface area contributed by atoms with Crippen LogP contribution in [-0.4, -0.2) is 43.3 Å². The number of anilines is 1. The number of rotatable bonds is 11. The second-order valence-corrected chi connectivity index (χ2v) is 13.6. The third kappa shape index (κ3) is 8.54. The van der Waals surface area contributed by atoms with Crippen molar-refractivity contribution in [2.45, 2.75) is 57.1 Å². The number of carbonyl (C=O) groups excluding carboxylic acids is 2. The number of halogens is 1. The first kappa shape index (κ1) is 32.4. The van der Waals surface area contributed by atoms with Gasteiger partial charge in [-0.05, 0) is 80.8 Å². The maximum atomic E-state index is 14.4. The number of nitrogens with zero attached hydrogens (tertiary/aromatic N) is 2. The van der Waals surface area contributed by atoms with Gasteiger partial charge < -0.3 is 10.2 Å². The Morgan fingerprint density at radius 2 is 1.43 bits per heavy atom. The Labute approximate surface area is 259 Å². The molecule has 0 aromatic heterocycles. The molecule has 0 unspecified atom stereocenters. The molecule has 0 heterocycles. The van der Waals surface area contributed by atoms with E-state index >= 15 is 0 Å². The summed E-state index contributed by atoms with van der Waals surface area (Å²) in [6, 6.07) is 28.8. The van der Waals surface area contributed by atoms with Crippen molar-refractivity contribution >= 4 is 27.5 Å². The predicted molar refractivity (Wildman–Crippen MR) is 171 cm³/mol. The third-order valence-electron chi connectivity index (χ3n) is 6.94. The largest absolute Gasteiger partial charge is 0.350 e. The third-order valence-corrected chi connectivity index (χ3v) is 8.72. The van der Waals surface area contributed by atoms with Crippen molar-refractivity contribution in [3.8, 4) is 0 Å². The number of sulfonamides is 1. The van der Waals surface area contributed by atoms with Gasteiger partial charge in [0.15, 0.2) is 0 Å². The average molecular weight is 616 g/mol. The minimum absolute atomic E-state index is 0.0331. The maximum Gasteiger partial charge on any atom is 0.264 e. The summed E-state index contributed by atoms with van der Waals surface area (Å²) in [5.74, 6) is -1.40. The number of aryl methyl sites for hydroxylation is 1. The zero-order valence-corrected chi connectivity index (χ0v) is 26.2. The van der Waals surface area contributed by atoms with Crippen LogP contribution in [0.25, 0.3) is 0 Å². The summed E-state index contributed by atoms with van der Waals surface area (Å²) >= 11 is 0. The van der Waals surface area contributed by atoms with E-state index in [9.17, 15) is 22.4 Å². The fourth-order valence-electron chi connectivity index (χ4n) is 4.82. The van der Waals surface area contributed by atoms with E-state index in [0.717, 1.165) is 15.4 Å². The lowest BCUT2D eigenvalue weighted by Crippen LogP contribution is -2.56. The molecule has 1 atom stereocenters. The van der Waals surface area contributed by atoms with Crippen LogP contribution < -0.4 is 9.62 Å². The minimum Gasteiger partial charge on any atom is -0.350 e. The SMILES string of the molecule is Cc1cccc(N(CC(=O)N(Cc2ccc(F)cc2)[C@H](Cc2ccccc2)C(=O)NC(C)(C)C)S(=O)(=O)c2ccccc2)c1. The first-order valence-corrected chi connectivity index (χ1v) is 15.8. The van der Waals surface area contributed by atoms with Crippen LogP contribution in [-0.2, 0) is 32.6 Å². The second-order valence-electron chi connectivity index (χ2n) is 11.8. The van der Waals surface area contributed by atoms with Crippen LogP contribution >= 0.6 is 0 Å². The van der Waals surface area contributed by atoms with Crippen LogP contribution in [0.3, 0.4) is 0 Å². The Morgan fingerprint density at radius 1 is 0.818 bits per heavy atom. The van der Waals surface area contributed by atoms with Gasteiger partial charge in [0.25, 0.3) is 10.0 Å². The van der Waals surface area contributed by atoms with Crippen molar-refractivity contribution in [1.82, 2.24) is 10.2 Å². The van der Waals surface area contributed by atoms with E-state index in [-0.39, 0.29) is 23.8 Å². The molecule has 9 heteroatoms. The van der Waals surface area contributed by atoms with E-state index in [2.05, 4.69) is 5.32 Å². The molecular weight excluding hydrogens is 577 g/mol. The van der Waals surface area contributed by atoms with E-state index in [1.807, 2.05) is 64.1 Å². The first-order valence-electron chi connectivity index (χ1n) is 14.4. The molecule has 0 radical (unpaired) electrons. The molecule has 2 amide bonds. The highest BCUT2D eigenvalue weighted by Crippen LogP contribution is 2.26. The summed E-state index contributed by atoms with van der Waals surface area (Å²) in [6.45, 7) is 6.79. The van der Waals surface area contributed by atoms with Crippen molar-refractivity contribution in [3.05, 3.63) is 132 Å². The van der Waals surface area contributed by atoms with Gasteiger partial charge in [-0.25, -0.2) is 12.8 Å². The number of hydrogen-bond donors (Lipinski definition) is 1. The van der Waals surface area contributed by atoms with Crippen LogP contribution in [0.2, 0.25) is 0 Å². The van der Waals surface area contributed by atoms with E-state index in [1.54, 1.807) is 48.5 Å². The molecule has 0 saturated heterocycles. The van der Waals surface area contributed by atoms with Crippen LogP contribution in [0.1, 0.15) is 37.5 Å². The van der Waals surface area contributed by atoms with Gasteiger partial charge in [0.1, 0.15) is 18.4 Å². The fourth-order valence-corrected chi connectivity index (χ4v) is 6.25. The van der Waals surface area contributed by atoms with E-state index < -0.39 is 39.9 Å². The Morgan fingerprint density at radius 3 is 2.02 bits per heavy atom. The monoisotopic (exact) mass is 615 g/mol. The molecule has 0 saturated carbocycles. The van der Waals surface area contributed by atoms with Crippen molar-refractivity contribution in [3.63, 3.8) is 0 Å². The van der Waals surface area contributed by atoms with Crippen LogP contribution in [0.5, 0.6) is 0 Å². The van der Waals surface area contributed by atoms with Gasteiger partial charge in [0, 0.05) is 18.5 Å². The van der Waals surface area contributed by atoms with Gasteiger partial charge >= 0.3 is 0 Å². The topological polar surface area (TPSA) is 86.8 Å². The standard InChI is InChI=1S/C35H38FN3O4S/c1-26-12-11-15-30(22-26)39(44(42,43)31-16-9-6-10-17-31)25-33(40)38(24-28-18-20-29(36)21-19-28)32(34(41)37-35(2,3)4)23-27-13-7-5-8-14-27/h5-22,32H,23-25H2,1-4H3,(H,37,41)/t32-/m1/s1. The molecule has 230 valence electrons. The first-order chi connectivity index (χ1) is 20.8. The lowest BCUT2D eigenvalue weighted by molar-refractivity contribution is -0.140. The van der Waals surface area contributed by atoms with Gasteiger partial charge in [-0.3, -0.25) is 13.9 Å². The fraction of sp³-hybridized carbons (Fsp3) is 0.257. The van der Waals surface area contributed by atoms with Gasteiger partial charge in [-0.15, -0.1) is 0 Å². The van der Waals surface area contributed by atoms with Gasteiger partial charge in [-0.2, -0.15) is 0 Å². The van der Waals surface area contributed by atoms with E-state index in [4.69, 9.17) is 0 Å². The van der Waals surface area contributed by atoms with Crippen LogP contribution in [0, 0.1) is 12.7 Å². The van der Waals surface area contributed by atoms with Gasteiger partial charge in [-0.1, -0.05) is 72.8 Å². The van der Waals surface area contributed by atoms with Gasteiger partial charge in [0.2, 0.25) is 11.8 Å². The highest BCUT2D eigenvalue weighted by Gasteiger charge is 2.35. The maximum absolute atomic E-state index is 14.4. The van der Waals surface area contributed by atoms with Crippen molar-refractivity contribution in [1.29, 1.82) is 0 Å². The van der Waals surface area contributed by atoms with Crippen LogP contribution in [0.15, 0.2) is 114 Å². The summed E-state index contributed by atoms with van der Waals surface area (Å²) < 4.78 is 42.9. The molecule has 0 fully saturated rings. The lowest BCUT2D eigenvalue weighted by atomic mass is 10.0. The second kappa shape index (κ2) is 13.9. The smallest absolute Gasteiger partial charge is 0.264 e. The molecule has 44 heavy (non-hydrogen) atoms. The normalized spacial score (nSPS) is 12.3. The van der Waals surface area contributed by atoms with E-state index in [1.165, 1.54) is 29.2 Å². The molecule has 0 bridgehead atoms. The molecule has 0 aliphatic rings. The molecule has 7 nitrogen and oxygen atoms in total. The number of hydrogen-bond acceptors (Lipinski definition) is 4. The Bertz CT molecular complexity index is 1670. The molecule has 4 aromatic rings. The minimum atomic E-state index is -4.18. The summed E-state index contributed by atoms with van der Waals surface area (Å²) in [7, 11) is -4.18. The van der Waals surface area contributed by atoms with E-state index in [0.29, 0.717) is 11.3 Å². The lowest BCUT2D eigenvalue weighted by Gasteiger charge is -2.35. The number of benzene rings is 4. The Kier molecular flexibility index (Phi) is 10.2. The predicted octanol–water partition coefficient (Wildman–Crippen LogP) is 5.88. The Balaban J connectivity index is 1.81. The quantitative estimate of drug-likeness (QED) is 0.228. The van der Waals surface area contributed by atoms with Crippen molar-refractivity contribution in [2.75, 3.05) is 10.8 Å². The zero-order chi connectivity index (χ0) is 31.9. The molecule has 1 N–H and O–H groups in total. The molecule has 0 aliphatic heterocycles. The molecular formula is C35H38FN3O4S. The number of carbonyl (C=O) groups is 2. The zero-order valence-electron chi connectivity index (χ0n) is 25.4. The van der Waals surface area contributed by atoms with Crippen molar-refractivity contribution < 1.29 is 22.4 Å². The molecule has 4 aromatic carbocycles. The Hall–Kier alpha value is -4.50. The summed E-state index contributed by atoms with van der Waals surface area (Å²) in [4.78, 5) is 29.7. The van der Waals surface area contributed by atoms with Crippen LogP contribution in [0.4, 0.5) is 10.1 Å². The van der Waals surface area contributed by atoms with Gasteiger partial charge in [0.05, 0.1) is 10.6 Å². The summed E-state index contributed by atoms with van der Waals surface area (Å²) in [5.41, 5.74) is 1.96. The highest BCUT2D eigenvalue weighted by atomic mass is 32.2. The number of nitrogens with one attached hydrogen (secondary N) is 1. The van der Waals surface area contributed by atoms with Crippen molar-refractivity contribution in [2.24, 2.45) is 0 Å².